The number of anilines is 1. The number of carbonyl (C=O) groups is 1. The summed E-state index contributed by atoms with van der Waals surface area (Å²) in [4.78, 5) is 16.6. The Kier molecular flexibility index (Phi) is 6.93. The lowest BCUT2D eigenvalue weighted by atomic mass is 10.2. The zero-order chi connectivity index (χ0) is 22.6. The van der Waals surface area contributed by atoms with E-state index in [0.717, 1.165) is 13.1 Å². The molecule has 1 unspecified atom stereocenters. The van der Waals surface area contributed by atoms with Gasteiger partial charge in [-0.15, -0.1) is 11.3 Å². The molecule has 0 saturated carbocycles. The van der Waals surface area contributed by atoms with Gasteiger partial charge in [-0.05, 0) is 67.7 Å². The van der Waals surface area contributed by atoms with Crippen LogP contribution in [0.15, 0.2) is 77.0 Å². The molecule has 0 spiro atoms. The van der Waals surface area contributed by atoms with Crippen molar-refractivity contribution in [3.8, 4) is 0 Å². The SMILES string of the molecule is CN(c1ccccc1)S(=O)(=O)c1cccc(C(=O)NCC(c2cccs2)N2CCCC2)c1. The fourth-order valence-electron chi connectivity index (χ4n) is 3.97. The number of likely N-dealkylation sites (tertiary alicyclic amines) is 1. The molecular formula is C24H27N3O3S2. The molecule has 4 rings (SSSR count). The largest absolute Gasteiger partial charge is 0.350 e. The molecule has 1 N–H and O–H groups in total. The van der Waals surface area contributed by atoms with Crippen molar-refractivity contribution in [1.82, 2.24) is 10.2 Å². The molecule has 8 heteroatoms. The average Bonchev–Trinajstić information content (AvgIpc) is 3.54. The van der Waals surface area contributed by atoms with Crippen LogP contribution in [0.4, 0.5) is 5.69 Å². The normalized spacial score (nSPS) is 15.4. The number of carbonyl (C=O) groups excluding carboxylic acids is 1. The van der Waals surface area contributed by atoms with Gasteiger partial charge in [0.25, 0.3) is 15.9 Å². The molecule has 3 aromatic rings. The van der Waals surface area contributed by atoms with Crippen LogP contribution in [-0.2, 0) is 10.0 Å². The molecule has 0 radical (unpaired) electrons. The van der Waals surface area contributed by atoms with Gasteiger partial charge < -0.3 is 5.32 Å². The first-order chi connectivity index (χ1) is 15.5. The smallest absolute Gasteiger partial charge is 0.264 e. The first kappa shape index (κ1) is 22.5. The van der Waals surface area contributed by atoms with Crippen molar-refractivity contribution in [2.75, 3.05) is 31.0 Å². The first-order valence-electron chi connectivity index (χ1n) is 10.7. The molecule has 32 heavy (non-hydrogen) atoms. The standard InChI is InChI=1S/C24H27N3O3S2/c1-26(20-10-3-2-4-11-20)32(29,30)21-12-7-9-19(17-21)24(28)25-18-22(23-13-8-16-31-23)27-14-5-6-15-27/h2-4,7-13,16-17,22H,5-6,14-15,18H2,1H3,(H,25,28). The molecule has 6 nitrogen and oxygen atoms in total. The van der Waals surface area contributed by atoms with Crippen LogP contribution in [0.1, 0.15) is 34.1 Å². The van der Waals surface area contributed by atoms with Crippen LogP contribution >= 0.6 is 11.3 Å². The van der Waals surface area contributed by atoms with Gasteiger partial charge in [0.2, 0.25) is 0 Å². The second-order valence-corrected chi connectivity index (χ2v) is 10.8. The van der Waals surface area contributed by atoms with E-state index in [-0.39, 0.29) is 16.8 Å². The Morgan fingerprint density at radius 3 is 2.50 bits per heavy atom. The maximum atomic E-state index is 13.1. The van der Waals surface area contributed by atoms with Crippen molar-refractivity contribution >= 4 is 33.0 Å². The van der Waals surface area contributed by atoms with E-state index in [9.17, 15) is 13.2 Å². The molecule has 168 valence electrons. The van der Waals surface area contributed by atoms with Crippen molar-refractivity contribution in [2.24, 2.45) is 0 Å². The quantitative estimate of drug-likeness (QED) is 0.538. The highest BCUT2D eigenvalue weighted by atomic mass is 32.2. The van der Waals surface area contributed by atoms with Crippen LogP contribution in [0.25, 0.3) is 0 Å². The summed E-state index contributed by atoms with van der Waals surface area (Å²) in [6.07, 6.45) is 2.34. The third-order valence-electron chi connectivity index (χ3n) is 5.78. The molecule has 1 fully saturated rings. The van der Waals surface area contributed by atoms with Gasteiger partial charge in [-0.2, -0.15) is 0 Å². The molecule has 2 heterocycles. The average molecular weight is 470 g/mol. The van der Waals surface area contributed by atoms with E-state index >= 15 is 0 Å². The van der Waals surface area contributed by atoms with Crippen molar-refractivity contribution in [3.63, 3.8) is 0 Å². The highest BCUT2D eigenvalue weighted by Gasteiger charge is 2.26. The first-order valence-corrected chi connectivity index (χ1v) is 13.0. The second-order valence-electron chi connectivity index (χ2n) is 7.82. The van der Waals surface area contributed by atoms with E-state index < -0.39 is 10.0 Å². The predicted octanol–water partition coefficient (Wildman–Crippen LogP) is 4.14. The van der Waals surface area contributed by atoms with E-state index in [1.807, 2.05) is 12.1 Å². The number of hydrogen-bond donors (Lipinski definition) is 1. The van der Waals surface area contributed by atoms with Crippen molar-refractivity contribution in [2.45, 2.75) is 23.8 Å². The van der Waals surface area contributed by atoms with E-state index in [4.69, 9.17) is 0 Å². The number of benzene rings is 2. The lowest BCUT2D eigenvalue weighted by Crippen LogP contribution is -2.36. The van der Waals surface area contributed by atoms with Gasteiger partial charge in [-0.25, -0.2) is 8.42 Å². The third-order valence-corrected chi connectivity index (χ3v) is 8.54. The monoisotopic (exact) mass is 469 g/mol. The Morgan fingerprint density at radius 1 is 1.06 bits per heavy atom. The lowest BCUT2D eigenvalue weighted by Gasteiger charge is -2.27. The summed E-state index contributed by atoms with van der Waals surface area (Å²) >= 11 is 1.69. The summed E-state index contributed by atoms with van der Waals surface area (Å²) in [6, 6.07) is 19.4. The highest BCUT2D eigenvalue weighted by Crippen LogP contribution is 2.28. The summed E-state index contributed by atoms with van der Waals surface area (Å²) in [5.74, 6) is -0.273. The maximum absolute atomic E-state index is 13.1. The highest BCUT2D eigenvalue weighted by molar-refractivity contribution is 7.92. The molecule has 1 aliphatic rings. The predicted molar refractivity (Wildman–Crippen MR) is 129 cm³/mol. The molecule has 1 aliphatic heterocycles. The van der Waals surface area contributed by atoms with Crippen molar-refractivity contribution < 1.29 is 13.2 Å². The van der Waals surface area contributed by atoms with Gasteiger partial charge in [0, 0.05) is 24.0 Å². The Hall–Kier alpha value is -2.68. The number of rotatable bonds is 8. The van der Waals surface area contributed by atoms with Crippen molar-refractivity contribution in [3.05, 3.63) is 82.6 Å². The molecule has 2 aromatic carbocycles. The van der Waals surface area contributed by atoms with Gasteiger partial charge in [-0.1, -0.05) is 30.3 Å². The van der Waals surface area contributed by atoms with E-state index in [1.165, 1.54) is 41.2 Å². The Balaban J connectivity index is 1.49. The van der Waals surface area contributed by atoms with Crippen LogP contribution in [0, 0.1) is 0 Å². The van der Waals surface area contributed by atoms with E-state index in [2.05, 4.69) is 21.7 Å². The molecule has 1 aromatic heterocycles. The van der Waals surface area contributed by atoms with Gasteiger partial charge in [0.1, 0.15) is 0 Å². The molecular weight excluding hydrogens is 442 g/mol. The zero-order valence-corrected chi connectivity index (χ0v) is 19.6. The van der Waals surface area contributed by atoms with Crippen LogP contribution < -0.4 is 9.62 Å². The number of sulfonamides is 1. The van der Waals surface area contributed by atoms with Crippen LogP contribution in [0.2, 0.25) is 0 Å². The van der Waals surface area contributed by atoms with Crippen molar-refractivity contribution in [1.29, 1.82) is 0 Å². The van der Waals surface area contributed by atoms with E-state index in [1.54, 1.807) is 47.7 Å². The van der Waals surface area contributed by atoms with Crippen LogP contribution in [0.3, 0.4) is 0 Å². The summed E-state index contributed by atoms with van der Waals surface area (Å²) < 4.78 is 27.4. The molecule has 1 amide bonds. The molecule has 1 atom stereocenters. The number of para-hydroxylation sites is 1. The second kappa shape index (κ2) is 9.85. The fraction of sp³-hybridized carbons (Fsp3) is 0.292. The Morgan fingerprint density at radius 2 is 1.81 bits per heavy atom. The number of thiophene rings is 1. The summed E-state index contributed by atoms with van der Waals surface area (Å²) in [5, 5.41) is 5.07. The van der Waals surface area contributed by atoms with Gasteiger partial charge in [0.05, 0.1) is 16.6 Å². The summed E-state index contributed by atoms with van der Waals surface area (Å²) in [6.45, 7) is 2.54. The minimum Gasteiger partial charge on any atom is -0.350 e. The minimum absolute atomic E-state index is 0.0888. The molecule has 0 aliphatic carbocycles. The van der Waals surface area contributed by atoms with Gasteiger partial charge in [-0.3, -0.25) is 14.0 Å². The number of amides is 1. The topological polar surface area (TPSA) is 69.7 Å². The summed E-state index contributed by atoms with van der Waals surface area (Å²) in [5.41, 5.74) is 0.894. The van der Waals surface area contributed by atoms with Crippen LogP contribution in [-0.4, -0.2) is 45.9 Å². The summed E-state index contributed by atoms with van der Waals surface area (Å²) in [7, 11) is -2.27. The fourth-order valence-corrected chi connectivity index (χ4v) is 6.07. The number of nitrogens with one attached hydrogen (secondary N) is 1. The number of hydrogen-bond acceptors (Lipinski definition) is 5. The lowest BCUT2D eigenvalue weighted by molar-refractivity contribution is 0.0938. The molecule has 0 bridgehead atoms. The third kappa shape index (κ3) is 4.87. The molecule has 1 saturated heterocycles. The minimum atomic E-state index is -3.78. The van der Waals surface area contributed by atoms with Gasteiger partial charge >= 0.3 is 0 Å². The van der Waals surface area contributed by atoms with Gasteiger partial charge in [0.15, 0.2) is 0 Å². The Labute approximate surface area is 193 Å². The van der Waals surface area contributed by atoms with Crippen LogP contribution in [0.5, 0.6) is 0 Å². The Bertz CT molecular complexity index is 1140. The van der Waals surface area contributed by atoms with E-state index in [0.29, 0.717) is 17.8 Å². The maximum Gasteiger partial charge on any atom is 0.264 e. The number of nitrogens with zero attached hydrogens (tertiary/aromatic N) is 2. The zero-order valence-electron chi connectivity index (χ0n) is 18.0.